The van der Waals surface area contributed by atoms with Gasteiger partial charge in [0.05, 0.1) is 0 Å². The van der Waals surface area contributed by atoms with Crippen LogP contribution in [0.2, 0.25) is 5.02 Å². The van der Waals surface area contributed by atoms with Crippen LogP contribution in [0.15, 0.2) is 36.4 Å². The second-order valence-corrected chi connectivity index (χ2v) is 5.11. The molecule has 2 aromatic rings. The van der Waals surface area contributed by atoms with E-state index in [4.69, 9.17) is 17.4 Å². The van der Waals surface area contributed by atoms with Gasteiger partial charge in [-0.3, -0.25) is 11.3 Å². The Morgan fingerprint density at radius 2 is 1.81 bits per heavy atom. The summed E-state index contributed by atoms with van der Waals surface area (Å²) in [6.07, 6.45) is 0.381. The van der Waals surface area contributed by atoms with E-state index in [0.29, 0.717) is 11.1 Å². The molecule has 112 valence electrons. The molecule has 1 unspecified atom stereocenters. The number of hydrogen-bond donors (Lipinski definition) is 2. The van der Waals surface area contributed by atoms with Crippen molar-refractivity contribution in [3.8, 4) is 0 Å². The third-order valence-electron chi connectivity index (χ3n) is 3.23. The summed E-state index contributed by atoms with van der Waals surface area (Å²) in [5, 5.41) is 0.287. The maximum atomic E-state index is 13.7. The standard InChI is InChI=1S/C15H14ClF3N2/c16-13-2-1-3-14(18)12(13)8-11(21-20)6-9-4-5-10(17)7-15(9)19/h1-5,7,11,21H,6,8,20H2. The van der Waals surface area contributed by atoms with Crippen molar-refractivity contribution in [2.24, 2.45) is 5.84 Å². The maximum absolute atomic E-state index is 13.7. The van der Waals surface area contributed by atoms with Crippen LogP contribution in [0.3, 0.4) is 0 Å². The highest BCUT2D eigenvalue weighted by atomic mass is 35.5. The molecule has 0 aliphatic rings. The van der Waals surface area contributed by atoms with Crippen LogP contribution >= 0.6 is 11.6 Å². The van der Waals surface area contributed by atoms with Crippen LogP contribution in [0.4, 0.5) is 13.2 Å². The van der Waals surface area contributed by atoms with Crippen molar-refractivity contribution >= 4 is 11.6 Å². The molecule has 0 aliphatic heterocycles. The van der Waals surface area contributed by atoms with E-state index >= 15 is 0 Å². The summed E-state index contributed by atoms with van der Waals surface area (Å²) in [6, 6.07) is 7.27. The third-order valence-corrected chi connectivity index (χ3v) is 3.58. The predicted octanol–water partition coefficient (Wildman–Crippen LogP) is 3.37. The molecule has 3 N–H and O–H groups in total. The molecule has 0 amide bonds. The van der Waals surface area contributed by atoms with Crippen LogP contribution in [-0.4, -0.2) is 6.04 Å². The van der Waals surface area contributed by atoms with Crippen molar-refractivity contribution in [3.63, 3.8) is 0 Å². The van der Waals surface area contributed by atoms with Crippen LogP contribution in [0.5, 0.6) is 0 Å². The quantitative estimate of drug-likeness (QED) is 0.656. The first-order chi connectivity index (χ1) is 10.0. The highest BCUT2D eigenvalue weighted by Gasteiger charge is 2.16. The summed E-state index contributed by atoms with van der Waals surface area (Å²) in [5.74, 6) is 3.69. The summed E-state index contributed by atoms with van der Waals surface area (Å²) in [7, 11) is 0. The largest absolute Gasteiger partial charge is 0.271 e. The molecule has 21 heavy (non-hydrogen) atoms. The van der Waals surface area contributed by atoms with Gasteiger partial charge >= 0.3 is 0 Å². The van der Waals surface area contributed by atoms with Crippen molar-refractivity contribution < 1.29 is 13.2 Å². The van der Waals surface area contributed by atoms with Gasteiger partial charge in [-0.2, -0.15) is 0 Å². The highest BCUT2D eigenvalue weighted by Crippen LogP contribution is 2.22. The van der Waals surface area contributed by atoms with Gasteiger partial charge in [0.15, 0.2) is 0 Å². The van der Waals surface area contributed by atoms with Crippen molar-refractivity contribution in [2.75, 3.05) is 0 Å². The lowest BCUT2D eigenvalue weighted by atomic mass is 9.98. The van der Waals surface area contributed by atoms with E-state index in [1.165, 1.54) is 24.3 Å². The number of nitrogens with one attached hydrogen (secondary N) is 1. The average molecular weight is 315 g/mol. The molecular weight excluding hydrogens is 301 g/mol. The lowest BCUT2D eigenvalue weighted by Gasteiger charge is -2.17. The lowest BCUT2D eigenvalue weighted by molar-refractivity contribution is 0.491. The van der Waals surface area contributed by atoms with E-state index in [1.54, 1.807) is 6.07 Å². The summed E-state index contributed by atoms with van der Waals surface area (Å²) in [4.78, 5) is 0. The number of halogens is 4. The number of hydrogen-bond acceptors (Lipinski definition) is 2. The van der Waals surface area contributed by atoms with Crippen LogP contribution in [0.25, 0.3) is 0 Å². The Balaban J connectivity index is 2.17. The predicted molar refractivity (Wildman–Crippen MR) is 76.3 cm³/mol. The summed E-state index contributed by atoms with van der Waals surface area (Å²) >= 11 is 5.95. The zero-order valence-corrected chi connectivity index (χ0v) is 11.8. The van der Waals surface area contributed by atoms with Crippen molar-refractivity contribution in [3.05, 3.63) is 70.0 Å². The SMILES string of the molecule is NNC(Cc1ccc(F)cc1F)Cc1c(F)cccc1Cl. The smallest absolute Gasteiger partial charge is 0.129 e. The first kappa shape index (κ1) is 15.8. The number of benzene rings is 2. The molecular formula is C15H14ClF3N2. The Morgan fingerprint density at radius 1 is 1.05 bits per heavy atom. The molecule has 2 rings (SSSR count). The highest BCUT2D eigenvalue weighted by molar-refractivity contribution is 6.31. The van der Waals surface area contributed by atoms with Crippen LogP contribution in [0, 0.1) is 17.5 Å². The minimum absolute atomic E-state index is 0.188. The Kier molecular flexibility index (Phi) is 5.22. The van der Waals surface area contributed by atoms with Crippen LogP contribution in [0.1, 0.15) is 11.1 Å². The number of hydrazine groups is 1. The maximum Gasteiger partial charge on any atom is 0.129 e. The van der Waals surface area contributed by atoms with Gasteiger partial charge in [0.25, 0.3) is 0 Å². The topological polar surface area (TPSA) is 38.0 Å². The molecule has 2 nitrogen and oxygen atoms in total. The third kappa shape index (κ3) is 3.97. The Hall–Kier alpha value is -1.56. The molecule has 6 heteroatoms. The fourth-order valence-electron chi connectivity index (χ4n) is 2.12. The van der Waals surface area contributed by atoms with Crippen LogP contribution in [-0.2, 0) is 12.8 Å². The van der Waals surface area contributed by atoms with Gasteiger partial charge in [-0.05, 0) is 36.6 Å². The van der Waals surface area contributed by atoms with Gasteiger partial charge in [-0.1, -0.05) is 23.7 Å². The second kappa shape index (κ2) is 6.93. The fourth-order valence-corrected chi connectivity index (χ4v) is 2.36. The number of nitrogens with two attached hydrogens (primary N) is 1. The minimum atomic E-state index is -0.658. The van der Waals surface area contributed by atoms with E-state index < -0.39 is 23.5 Å². The normalized spacial score (nSPS) is 12.4. The van der Waals surface area contributed by atoms with Crippen molar-refractivity contribution in [1.29, 1.82) is 0 Å². The van der Waals surface area contributed by atoms with E-state index in [2.05, 4.69) is 5.43 Å². The zero-order chi connectivity index (χ0) is 15.4. The van der Waals surface area contributed by atoms with Gasteiger partial charge in [-0.15, -0.1) is 0 Å². The monoisotopic (exact) mass is 314 g/mol. The lowest BCUT2D eigenvalue weighted by Crippen LogP contribution is -2.39. The van der Waals surface area contributed by atoms with E-state index in [0.717, 1.165) is 6.07 Å². The molecule has 0 heterocycles. The summed E-state index contributed by atoms with van der Waals surface area (Å²) < 4.78 is 40.2. The molecule has 0 saturated heterocycles. The first-order valence-corrected chi connectivity index (χ1v) is 6.72. The molecule has 0 radical (unpaired) electrons. The van der Waals surface area contributed by atoms with E-state index in [1.807, 2.05) is 0 Å². The molecule has 2 aromatic carbocycles. The minimum Gasteiger partial charge on any atom is -0.271 e. The Morgan fingerprint density at radius 3 is 2.43 bits per heavy atom. The van der Waals surface area contributed by atoms with Gasteiger partial charge in [0.2, 0.25) is 0 Å². The van der Waals surface area contributed by atoms with Crippen molar-refractivity contribution in [2.45, 2.75) is 18.9 Å². The molecule has 0 bridgehead atoms. The second-order valence-electron chi connectivity index (χ2n) is 4.71. The summed E-state index contributed by atoms with van der Waals surface area (Å²) in [6.45, 7) is 0. The van der Waals surface area contributed by atoms with Crippen LogP contribution < -0.4 is 11.3 Å². The Bertz CT molecular complexity index is 614. The molecule has 0 aromatic heterocycles. The fraction of sp³-hybridized carbons (Fsp3) is 0.200. The van der Waals surface area contributed by atoms with Gasteiger partial charge in [0, 0.05) is 22.7 Å². The molecule has 0 fully saturated rings. The zero-order valence-electron chi connectivity index (χ0n) is 11.0. The molecule has 1 atom stereocenters. The first-order valence-electron chi connectivity index (χ1n) is 6.34. The van der Waals surface area contributed by atoms with E-state index in [-0.39, 0.29) is 17.9 Å². The molecule has 0 aliphatic carbocycles. The average Bonchev–Trinajstić information content (AvgIpc) is 2.44. The van der Waals surface area contributed by atoms with Gasteiger partial charge < -0.3 is 0 Å². The van der Waals surface area contributed by atoms with Crippen molar-refractivity contribution in [1.82, 2.24) is 5.43 Å². The number of rotatable bonds is 5. The van der Waals surface area contributed by atoms with Gasteiger partial charge in [-0.25, -0.2) is 13.2 Å². The Labute approximate surface area is 125 Å². The summed E-state index contributed by atoms with van der Waals surface area (Å²) in [5.41, 5.74) is 3.12. The van der Waals surface area contributed by atoms with Gasteiger partial charge in [0.1, 0.15) is 17.5 Å². The molecule has 0 spiro atoms. The van der Waals surface area contributed by atoms with E-state index in [9.17, 15) is 13.2 Å². The molecule has 0 saturated carbocycles.